The van der Waals surface area contributed by atoms with E-state index >= 15 is 0 Å². The Hall–Kier alpha value is -4.16. The zero-order valence-corrected chi connectivity index (χ0v) is 27.7. The summed E-state index contributed by atoms with van der Waals surface area (Å²) >= 11 is 0. The first-order valence-electron chi connectivity index (χ1n) is 15.2. The van der Waals surface area contributed by atoms with Crippen LogP contribution in [-0.4, -0.2) is 91.5 Å². The number of nitrogens with zero attached hydrogens (tertiary/aromatic N) is 2. The second-order valence-corrected chi connectivity index (χ2v) is 13.3. The third-order valence-corrected chi connectivity index (χ3v) is 6.61. The van der Waals surface area contributed by atoms with Gasteiger partial charge in [0.1, 0.15) is 22.7 Å². The molecule has 2 aromatic rings. The number of aryl methyl sites for hydroxylation is 2. The molecule has 0 bridgehead atoms. The molecular formula is C34H48N2O10. The molecule has 0 aliphatic rings. The normalized spacial score (nSPS) is 11.9. The Labute approximate surface area is 270 Å². The average Bonchev–Trinajstić information content (AvgIpc) is 2.90. The minimum absolute atomic E-state index is 0.0121. The molecule has 0 saturated carbocycles. The molecule has 0 heterocycles. The first-order valence-corrected chi connectivity index (χ1v) is 15.2. The van der Waals surface area contributed by atoms with Crippen molar-refractivity contribution in [2.45, 2.75) is 91.5 Å². The Morgan fingerprint density at radius 3 is 1.28 bits per heavy atom. The van der Waals surface area contributed by atoms with E-state index in [1.807, 2.05) is 0 Å². The molecule has 0 radical (unpaired) electrons. The van der Waals surface area contributed by atoms with Crippen LogP contribution in [0.15, 0.2) is 36.4 Å². The van der Waals surface area contributed by atoms with Gasteiger partial charge in [-0.1, -0.05) is 24.3 Å². The maximum atomic E-state index is 12.9. The lowest BCUT2D eigenvalue weighted by Gasteiger charge is -2.29. The molecule has 4 N–H and O–H groups in total. The number of ether oxygens (including phenoxy) is 2. The van der Waals surface area contributed by atoms with E-state index in [0.29, 0.717) is 11.1 Å². The van der Waals surface area contributed by atoms with Crippen LogP contribution in [-0.2, 0) is 54.6 Å². The fourth-order valence-corrected chi connectivity index (χ4v) is 4.65. The van der Waals surface area contributed by atoms with Crippen LogP contribution in [0.3, 0.4) is 0 Å². The van der Waals surface area contributed by atoms with Crippen molar-refractivity contribution >= 4 is 23.9 Å². The highest BCUT2D eigenvalue weighted by atomic mass is 16.6. The molecule has 0 saturated heterocycles. The van der Waals surface area contributed by atoms with Crippen LogP contribution in [0.1, 0.15) is 76.6 Å². The van der Waals surface area contributed by atoms with Gasteiger partial charge < -0.3 is 29.9 Å². The second kappa shape index (κ2) is 17.0. The van der Waals surface area contributed by atoms with Crippen molar-refractivity contribution in [1.29, 1.82) is 0 Å². The fourth-order valence-electron chi connectivity index (χ4n) is 4.65. The SMILES string of the molecule is CC(C)(C)OC(=O)CN(CCN(CC(=O)OC(C)(C)C)Cc1cc(CCC(=O)O)ccc1O)Cc1cc(CCC(=O)O)ccc1O. The summed E-state index contributed by atoms with van der Waals surface area (Å²) in [6, 6.07) is 9.71. The van der Waals surface area contributed by atoms with Crippen molar-refractivity contribution < 1.29 is 49.1 Å². The average molecular weight is 645 g/mol. The molecule has 0 aliphatic carbocycles. The summed E-state index contributed by atoms with van der Waals surface area (Å²) in [7, 11) is 0. The van der Waals surface area contributed by atoms with Gasteiger partial charge in [-0.25, -0.2) is 0 Å². The van der Waals surface area contributed by atoms with Crippen LogP contribution in [0.25, 0.3) is 0 Å². The molecule has 0 aliphatic heterocycles. The maximum absolute atomic E-state index is 12.9. The van der Waals surface area contributed by atoms with Gasteiger partial charge in [0.2, 0.25) is 0 Å². The number of carboxylic acids is 2. The Morgan fingerprint density at radius 2 is 0.978 bits per heavy atom. The zero-order valence-electron chi connectivity index (χ0n) is 27.7. The molecule has 0 spiro atoms. The van der Waals surface area contributed by atoms with Crippen LogP contribution in [0.2, 0.25) is 0 Å². The van der Waals surface area contributed by atoms with E-state index in [2.05, 4.69) is 0 Å². The topological polar surface area (TPSA) is 174 Å². The second-order valence-electron chi connectivity index (χ2n) is 13.3. The predicted molar refractivity (Wildman–Crippen MR) is 170 cm³/mol. The van der Waals surface area contributed by atoms with Gasteiger partial charge in [-0.2, -0.15) is 0 Å². The number of aliphatic carboxylic acids is 2. The largest absolute Gasteiger partial charge is 0.508 e. The number of benzene rings is 2. The molecule has 0 fully saturated rings. The van der Waals surface area contributed by atoms with Crippen molar-refractivity contribution in [1.82, 2.24) is 9.80 Å². The van der Waals surface area contributed by atoms with Crippen LogP contribution in [0.5, 0.6) is 11.5 Å². The standard InChI is InChI=1S/C34H48N2O10/c1-33(2,3)45-31(43)21-35(19-25-17-23(7-11-27(25)37)9-13-29(39)40)15-16-36(22-32(44)46-34(4,5)6)20-26-18-24(8-12-28(26)38)10-14-30(41)42/h7-8,11-12,17-18,37-38H,9-10,13-16,19-22H2,1-6H3,(H,39,40)(H,41,42). The van der Waals surface area contributed by atoms with Crippen molar-refractivity contribution in [2.24, 2.45) is 0 Å². The lowest BCUT2D eigenvalue weighted by atomic mass is 10.0. The molecule has 2 aromatic carbocycles. The van der Waals surface area contributed by atoms with Crippen molar-refractivity contribution in [3.8, 4) is 11.5 Å². The van der Waals surface area contributed by atoms with Gasteiger partial charge in [-0.05, 0) is 77.6 Å². The minimum atomic E-state index is -0.940. The van der Waals surface area contributed by atoms with Crippen LogP contribution >= 0.6 is 0 Å². The monoisotopic (exact) mass is 644 g/mol. The summed E-state index contributed by atoms with van der Waals surface area (Å²) in [4.78, 5) is 51.5. The fraction of sp³-hybridized carbons (Fsp3) is 0.529. The Kier molecular flexibility index (Phi) is 14.0. The molecule has 0 aromatic heterocycles. The van der Waals surface area contributed by atoms with Crippen molar-refractivity contribution in [3.05, 3.63) is 58.7 Å². The van der Waals surface area contributed by atoms with Crippen LogP contribution in [0.4, 0.5) is 0 Å². The molecule has 12 heteroatoms. The summed E-state index contributed by atoms with van der Waals surface area (Å²) in [6.07, 6.45) is 0.395. The molecule has 0 amide bonds. The highest BCUT2D eigenvalue weighted by Crippen LogP contribution is 2.24. The Bertz CT molecular complexity index is 1260. The number of aromatic hydroxyl groups is 2. The predicted octanol–water partition coefficient (Wildman–Crippen LogP) is 4.12. The highest BCUT2D eigenvalue weighted by Gasteiger charge is 2.24. The van der Waals surface area contributed by atoms with Gasteiger partial charge in [0, 0.05) is 50.1 Å². The third-order valence-electron chi connectivity index (χ3n) is 6.61. The molecule has 0 atom stereocenters. The molecule has 2 rings (SSSR count). The molecule has 0 unspecified atom stereocenters. The van der Waals surface area contributed by atoms with Crippen LogP contribution in [0, 0.1) is 0 Å². The molecule has 12 nitrogen and oxygen atoms in total. The van der Waals surface area contributed by atoms with E-state index in [-0.39, 0.29) is 76.5 Å². The summed E-state index contributed by atoms with van der Waals surface area (Å²) in [6.45, 7) is 11.0. The van der Waals surface area contributed by atoms with Crippen molar-refractivity contribution in [3.63, 3.8) is 0 Å². The zero-order chi connectivity index (χ0) is 34.7. The van der Waals surface area contributed by atoms with E-state index < -0.39 is 35.1 Å². The summed E-state index contributed by atoms with van der Waals surface area (Å²) in [5.74, 6) is -2.88. The minimum Gasteiger partial charge on any atom is -0.508 e. The van der Waals surface area contributed by atoms with Gasteiger partial charge in [-0.15, -0.1) is 0 Å². The van der Waals surface area contributed by atoms with Gasteiger partial charge in [0.15, 0.2) is 0 Å². The van der Waals surface area contributed by atoms with Gasteiger partial charge in [-0.3, -0.25) is 29.0 Å². The number of rotatable bonds is 17. The third kappa shape index (κ3) is 15.2. The first kappa shape index (κ1) is 38.0. The van der Waals surface area contributed by atoms with Gasteiger partial charge in [0.25, 0.3) is 0 Å². The highest BCUT2D eigenvalue weighted by molar-refractivity contribution is 5.72. The number of carbonyl (C=O) groups is 4. The maximum Gasteiger partial charge on any atom is 0.320 e. The smallest absolute Gasteiger partial charge is 0.320 e. The van der Waals surface area contributed by atoms with E-state index in [9.17, 15) is 29.4 Å². The molecule has 254 valence electrons. The van der Waals surface area contributed by atoms with Crippen molar-refractivity contribution in [2.75, 3.05) is 26.2 Å². The Morgan fingerprint density at radius 1 is 0.630 bits per heavy atom. The van der Waals surface area contributed by atoms with E-state index in [4.69, 9.17) is 19.7 Å². The van der Waals surface area contributed by atoms with E-state index in [1.54, 1.807) is 75.6 Å². The summed E-state index contributed by atoms with van der Waals surface area (Å²) in [5.41, 5.74) is 0.971. The Balaban J connectivity index is 2.36. The lowest BCUT2D eigenvalue weighted by Crippen LogP contribution is -2.41. The number of esters is 2. The van der Waals surface area contributed by atoms with E-state index in [1.165, 1.54) is 12.1 Å². The van der Waals surface area contributed by atoms with Gasteiger partial charge in [0.05, 0.1) is 13.1 Å². The molecule has 46 heavy (non-hydrogen) atoms. The number of phenols is 2. The summed E-state index contributed by atoms with van der Waals surface area (Å²) in [5, 5.41) is 39.4. The van der Waals surface area contributed by atoms with E-state index in [0.717, 1.165) is 11.1 Å². The lowest BCUT2D eigenvalue weighted by molar-refractivity contribution is -0.158. The number of carbonyl (C=O) groups excluding carboxylic acids is 2. The summed E-state index contributed by atoms with van der Waals surface area (Å²) < 4.78 is 11.1. The number of phenolic OH excluding ortho intramolecular Hbond substituents is 2. The molecular weight excluding hydrogens is 596 g/mol. The number of hydrogen-bond acceptors (Lipinski definition) is 10. The first-order chi connectivity index (χ1) is 21.3. The quantitative estimate of drug-likeness (QED) is 0.182. The number of hydrogen-bond donors (Lipinski definition) is 4. The number of carboxylic acid groups (broad SMARTS) is 2. The van der Waals surface area contributed by atoms with Gasteiger partial charge >= 0.3 is 23.9 Å². The van der Waals surface area contributed by atoms with Crippen LogP contribution < -0.4 is 0 Å².